The van der Waals surface area contributed by atoms with Crippen LogP contribution in [0, 0.1) is 0 Å². The molecule has 2 rings (SSSR count). The molecule has 6 heteroatoms. The first-order valence-corrected chi connectivity index (χ1v) is 6.47. The van der Waals surface area contributed by atoms with Crippen LogP contribution in [0.1, 0.15) is 18.4 Å². The molecule has 1 fully saturated rings. The molecule has 0 unspecified atom stereocenters. The minimum atomic E-state index is -4.29. The topological polar surface area (TPSA) is 29.5 Å². The van der Waals surface area contributed by atoms with E-state index in [1.807, 2.05) is 18.2 Å². The van der Waals surface area contributed by atoms with Crippen LogP contribution in [0.3, 0.4) is 0 Å². The highest BCUT2D eigenvalue weighted by atomic mass is 19.4. The second-order valence-corrected chi connectivity index (χ2v) is 4.84. The maximum atomic E-state index is 12.4. The minimum absolute atomic E-state index is 0.0933. The van der Waals surface area contributed by atoms with E-state index in [2.05, 4.69) is 0 Å². The summed E-state index contributed by atoms with van der Waals surface area (Å²) in [5, 5.41) is 0. The molecule has 0 radical (unpaired) electrons. The molecule has 0 saturated carbocycles. The third-order valence-corrected chi connectivity index (χ3v) is 3.24. The van der Waals surface area contributed by atoms with E-state index in [0.717, 1.165) is 10.5 Å². The van der Waals surface area contributed by atoms with Gasteiger partial charge in [-0.25, -0.2) is 0 Å². The van der Waals surface area contributed by atoms with Crippen LogP contribution in [-0.4, -0.2) is 36.2 Å². The largest absolute Gasteiger partial charge is 0.460 e. The Kier molecular flexibility index (Phi) is 4.65. The van der Waals surface area contributed by atoms with Crippen molar-refractivity contribution >= 4 is 5.97 Å². The van der Waals surface area contributed by atoms with E-state index >= 15 is 0 Å². The van der Waals surface area contributed by atoms with Crippen LogP contribution in [0.2, 0.25) is 0 Å². The molecular formula is C14H16F3NO2. The molecule has 0 aliphatic carbocycles. The molecule has 0 bridgehead atoms. The normalized spacial score (nSPS) is 20.1. The van der Waals surface area contributed by atoms with Crippen LogP contribution >= 0.6 is 0 Å². The van der Waals surface area contributed by atoms with Crippen LogP contribution in [0.5, 0.6) is 0 Å². The van der Waals surface area contributed by atoms with Gasteiger partial charge in [0, 0.05) is 0 Å². The summed E-state index contributed by atoms with van der Waals surface area (Å²) in [6.07, 6.45) is -3.28. The Labute approximate surface area is 115 Å². The van der Waals surface area contributed by atoms with Gasteiger partial charge in [-0.2, -0.15) is 13.2 Å². The number of hydrogen-bond donors (Lipinski definition) is 0. The Morgan fingerprint density at radius 2 is 2.00 bits per heavy atom. The van der Waals surface area contributed by atoms with Crippen molar-refractivity contribution in [3.8, 4) is 0 Å². The molecule has 1 aromatic carbocycles. The third kappa shape index (κ3) is 4.23. The lowest BCUT2D eigenvalue weighted by atomic mass is 10.2. The number of halogens is 3. The van der Waals surface area contributed by atoms with Gasteiger partial charge in [-0.1, -0.05) is 30.3 Å². The summed E-state index contributed by atoms with van der Waals surface area (Å²) in [5.41, 5.74) is 0.821. The average Bonchev–Trinajstić information content (AvgIpc) is 2.83. The van der Waals surface area contributed by atoms with Gasteiger partial charge in [-0.3, -0.25) is 9.69 Å². The van der Waals surface area contributed by atoms with E-state index in [4.69, 9.17) is 4.74 Å². The first-order chi connectivity index (χ1) is 9.46. The van der Waals surface area contributed by atoms with Crippen LogP contribution in [0.4, 0.5) is 13.2 Å². The first-order valence-electron chi connectivity index (χ1n) is 6.47. The molecule has 0 aromatic heterocycles. The number of nitrogens with zero attached hydrogens (tertiary/aromatic N) is 1. The van der Waals surface area contributed by atoms with Crippen molar-refractivity contribution in [3.63, 3.8) is 0 Å². The standard InChI is InChI=1S/C14H16F3NO2/c15-14(16,17)10-18-8-4-7-12(18)13(19)20-9-11-5-2-1-3-6-11/h1-3,5-6,12H,4,7-10H2/t12-/m0/s1. The Hall–Kier alpha value is -1.56. The summed E-state index contributed by atoms with van der Waals surface area (Å²) in [6.45, 7) is -0.682. The molecule has 1 aromatic rings. The summed E-state index contributed by atoms with van der Waals surface area (Å²) in [6, 6.07) is 8.29. The van der Waals surface area contributed by atoms with Gasteiger partial charge >= 0.3 is 12.1 Å². The van der Waals surface area contributed by atoms with E-state index < -0.39 is 24.7 Å². The molecule has 1 atom stereocenters. The van der Waals surface area contributed by atoms with Crippen molar-refractivity contribution in [2.24, 2.45) is 0 Å². The number of benzene rings is 1. The minimum Gasteiger partial charge on any atom is -0.460 e. The molecule has 1 aliphatic heterocycles. The van der Waals surface area contributed by atoms with Gasteiger partial charge in [0.15, 0.2) is 0 Å². The fraction of sp³-hybridized carbons (Fsp3) is 0.500. The Balaban J connectivity index is 1.88. The Bertz CT molecular complexity index is 447. The highest BCUT2D eigenvalue weighted by molar-refractivity contribution is 5.76. The highest BCUT2D eigenvalue weighted by Crippen LogP contribution is 2.25. The second-order valence-electron chi connectivity index (χ2n) is 4.84. The monoisotopic (exact) mass is 287 g/mol. The molecule has 0 spiro atoms. The molecule has 3 nitrogen and oxygen atoms in total. The zero-order valence-corrected chi connectivity index (χ0v) is 10.9. The molecule has 0 amide bonds. The van der Waals surface area contributed by atoms with Gasteiger partial charge in [0.05, 0.1) is 6.54 Å². The van der Waals surface area contributed by atoms with Gasteiger partial charge in [0.2, 0.25) is 0 Å². The van der Waals surface area contributed by atoms with Gasteiger partial charge in [-0.15, -0.1) is 0 Å². The highest BCUT2D eigenvalue weighted by Gasteiger charge is 2.39. The summed E-state index contributed by atoms with van der Waals surface area (Å²) in [5.74, 6) is -0.574. The molecule has 1 heterocycles. The van der Waals surface area contributed by atoms with Gasteiger partial charge in [-0.05, 0) is 24.9 Å². The lowest BCUT2D eigenvalue weighted by molar-refractivity contribution is -0.162. The lowest BCUT2D eigenvalue weighted by Gasteiger charge is -2.23. The quantitative estimate of drug-likeness (QED) is 0.798. The lowest BCUT2D eigenvalue weighted by Crippen LogP contribution is -2.42. The van der Waals surface area contributed by atoms with Crippen molar-refractivity contribution in [3.05, 3.63) is 35.9 Å². The number of carbonyl (C=O) groups excluding carboxylic acids is 1. The SMILES string of the molecule is O=C(OCc1ccccc1)[C@@H]1CCCN1CC(F)(F)F. The number of carbonyl (C=O) groups is 1. The molecule has 20 heavy (non-hydrogen) atoms. The van der Waals surface area contributed by atoms with E-state index in [9.17, 15) is 18.0 Å². The molecule has 0 N–H and O–H groups in total. The number of hydrogen-bond acceptors (Lipinski definition) is 3. The molecule has 1 saturated heterocycles. The average molecular weight is 287 g/mol. The zero-order chi connectivity index (χ0) is 14.6. The van der Waals surface area contributed by atoms with Gasteiger partial charge in [0.1, 0.15) is 12.6 Å². The number of esters is 1. The predicted molar refractivity (Wildman–Crippen MR) is 66.9 cm³/mol. The second kappa shape index (κ2) is 6.26. The number of alkyl halides is 3. The van der Waals surface area contributed by atoms with Crippen LogP contribution in [0.15, 0.2) is 30.3 Å². The van der Waals surface area contributed by atoms with Crippen LogP contribution < -0.4 is 0 Å². The molecule has 110 valence electrons. The summed E-state index contributed by atoms with van der Waals surface area (Å²) in [4.78, 5) is 13.0. The fourth-order valence-electron chi connectivity index (χ4n) is 2.34. The van der Waals surface area contributed by atoms with Crippen molar-refractivity contribution in [1.82, 2.24) is 4.90 Å². The van der Waals surface area contributed by atoms with Gasteiger partial charge < -0.3 is 4.74 Å². The number of ether oxygens (including phenoxy) is 1. The van der Waals surface area contributed by atoms with Crippen molar-refractivity contribution in [2.75, 3.05) is 13.1 Å². The van der Waals surface area contributed by atoms with E-state index in [1.54, 1.807) is 12.1 Å². The van der Waals surface area contributed by atoms with E-state index in [0.29, 0.717) is 12.8 Å². The van der Waals surface area contributed by atoms with Gasteiger partial charge in [0.25, 0.3) is 0 Å². The predicted octanol–water partition coefficient (Wildman–Crippen LogP) is 2.76. The first kappa shape index (κ1) is 14.8. The molecular weight excluding hydrogens is 271 g/mol. The Morgan fingerprint density at radius 3 is 2.65 bits per heavy atom. The maximum Gasteiger partial charge on any atom is 0.401 e. The van der Waals surface area contributed by atoms with E-state index in [-0.39, 0.29) is 13.2 Å². The van der Waals surface area contributed by atoms with Crippen LogP contribution in [-0.2, 0) is 16.1 Å². The number of likely N-dealkylation sites (tertiary alicyclic amines) is 1. The Morgan fingerprint density at radius 1 is 1.30 bits per heavy atom. The fourth-order valence-corrected chi connectivity index (χ4v) is 2.34. The smallest absolute Gasteiger partial charge is 0.401 e. The summed E-state index contributed by atoms with van der Waals surface area (Å²) >= 11 is 0. The third-order valence-electron chi connectivity index (χ3n) is 3.24. The van der Waals surface area contributed by atoms with Crippen molar-refractivity contribution < 1.29 is 22.7 Å². The number of rotatable bonds is 4. The van der Waals surface area contributed by atoms with Crippen molar-refractivity contribution in [2.45, 2.75) is 31.7 Å². The molecule has 1 aliphatic rings. The summed E-state index contributed by atoms with van der Waals surface area (Å²) in [7, 11) is 0. The zero-order valence-electron chi connectivity index (χ0n) is 10.9. The van der Waals surface area contributed by atoms with E-state index in [1.165, 1.54) is 0 Å². The van der Waals surface area contributed by atoms with Crippen LogP contribution in [0.25, 0.3) is 0 Å². The van der Waals surface area contributed by atoms with Crippen molar-refractivity contribution in [1.29, 1.82) is 0 Å². The summed E-state index contributed by atoms with van der Waals surface area (Å²) < 4.78 is 42.3. The maximum absolute atomic E-state index is 12.4.